The maximum atomic E-state index is 13.6. The lowest BCUT2D eigenvalue weighted by molar-refractivity contribution is -0.141. The van der Waals surface area contributed by atoms with E-state index in [-0.39, 0.29) is 24.8 Å². The second-order valence-corrected chi connectivity index (χ2v) is 6.23. The third-order valence-corrected chi connectivity index (χ3v) is 3.93. The van der Waals surface area contributed by atoms with E-state index >= 15 is 0 Å². The zero-order chi connectivity index (χ0) is 18.3. The number of benzene rings is 1. The van der Waals surface area contributed by atoms with Gasteiger partial charge in [-0.2, -0.15) is 0 Å². The van der Waals surface area contributed by atoms with Gasteiger partial charge in [-0.1, -0.05) is 24.3 Å². The number of rotatable bonds is 7. The SMILES string of the molecule is CC(C)(C(=O)NCCc1ccccc1F)C(=O)NCc1ccccn1. The molecule has 0 fully saturated rings. The Labute approximate surface area is 146 Å². The average Bonchev–Trinajstić information content (AvgIpc) is 2.62. The van der Waals surface area contributed by atoms with E-state index in [1.54, 1.807) is 50.4 Å². The van der Waals surface area contributed by atoms with Crippen molar-refractivity contribution in [3.05, 3.63) is 65.7 Å². The van der Waals surface area contributed by atoms with E-state index in [2.05, 4.69) is 15.6 Å². The highest BCUT2D eigenvalue weighted by Crippen LogP contribution is 2.16. The van der Waals surface area contributed by atoms with Crippen molar-refractivity contribution in [2.24, 2.45) is 5.41 Å². The van der Waals surface area contributed by atoms with Crippen LogP contribution in [0.5, 0.6) is 0 Å². The quantitative estimate of drug-likeness (QED) is 0.757. The predicted molar refractivity (Wildman–Crippen MR) is 93.0 cm³/mol. The van der Waals surface area contributed by atoms with Crippen LogP contribution in [0.3, 0.4) is 0 Å². The smallest absolute Gasteiger partial charge is 0.235 e. The number of hydrogen-bond acceptors (Lipinski definition) is 3. The first-order valence-electron chi connectivity index (χ1n) is 8.11. The number of nitrogens with zero attached hydrogens (tertiary/aromatic N) is 1. The summed E-state index contributed by atoms with van der Waals surface area (Å²) >= 11 is 0. The summed E-state index contributed by atoms with van der Waals surface area (Å²) in [4.78, 5) is 28.7. The van der Waals surface area contributed by atoms with E-state index in [1.807, 2.05) is 6.07 Å². The largest absolute Gasteiger partial charge is 0.355 e. The van der Waals surface area contributed by atoms with Gasteiger partial charge in [-0.15, -0.1) is 0 Å². The van der Waals surface area contributed by atoms with Gasteiger partial charge in [-0.3, -0.25) is 14.6 Å². The van der Waals surface area contributed by atoms with E-state index in [9.17, 15) is 14.0 Å². The molecule has 2 aromatic rings. The molecule has 0 aliphatic rings. The highest BCUT2D eigenvalue weighted by atomic mass is 19.1. The Balaban J connectivity index is 1.84. The van der Waals surface area contributed by atoms with Gasteiger partial charge < -0.3 is 10.6 Å². The van der Waals surface area contributed by atoms with Crippen molar-refractivity contribution in [2.45, 2.75) is 26.8 Å². The van der Waals surface area contributed by atoms with Crippen molar-refractivity contribution in [2.75, 3.05) is 6.54 Å². The molecule has 1 aromatic heterocycles. The first-order chi connectivity index (χ1) is 11.9. The average molecular weight is 343 g/mol. The van der Waals surface area contributed by atoms with Crippen LogP contribution < -0.4 is 10.6 Å². The fraction of sp³-hybridized carbons (Fsp3) is 0.316. The Morgan fingerprint density at radius 2 is 1.72 bits per heavy atom. The first kappa shape index (κ1) is 18.6. The number of pyridine rings is 1. The molecule has 25 heavy (non-hydrogen) atoms. The van der Waals surface area contributed by atoms with Crippen LogP contribution in [0, 0.1) is 11.2 Å². The number of nitrogens with one attached hydrogen (secondary N) is 2. The van der Waals surface area contributed by atoms with Gasteiger partial charge in [-0.25, -0.2) is 4.39 Å². The molecule has 0 radical (unpaired) electrons. The maximum Gasteiger partial charge on any atom is 0.235 e. The van der Waals surface area contributed by atoms with Crippen molar-refractivity contribution in [1.82, 2.24) is 15.6 Å². The summed E-state index contributed by atoms with van der Waals surface area (Å²) < 4.78 is 13.6. The molecule has 5 nitrogen and oxygen atoms in total. The number of amides is 2. The Kier molecular flexibility index (Phi) is 6.22. The molecular formula is C19H22FN3O2. The van der Waals surface area contributed by atoms with Crippen molar-refractivity contribution >= 4 is 11.8 Å². The number of carbonyl (C=O) groups excluding carboxylic acids is 2. The lowest BCUT2D eigenvalue weighted by Crippen LogP contribution is -2.48. The molecule has 0 bridgehead atoms. The third kappa shape index (κ3) is 5.11. The standard InChI is InChI=1S/C19H22FN3O2/c1-19(2,18(25)23-13-15-8-5-6-11-21-15)17(24)22-12-10-14-7-3-4-9-16(14)20/h3-9,11H,10,12-13H2,1-2H3,(H,22,24)(H,23,25). The van der Waals surface area contributed by atoms with Gasteiger partial charge in [0.2, 0.25) is 11.8 Å². The molecule has 0 saturated heterocycles. The van der Waals surface area contributed by atoms with E-state index in [1.165, 1.54) is 6.07 Å². The summed E-state index contributed by atoms with van der Waals surface area (Å²) in [6.07, 6.45) is 2.01. The summed E-state index contributed by atoms with van der Waals surface area (Å²) in [6, 6.07) is 11.8. The Morgan fingerprint density at radius 3 is 2.40 bits per heavy atom. The molecule has 0 atom stereocenters. The minimum absolute atomic E-state index is 0.256. The summed E-state index contributed by atoms with van der Waals surface area (Å²) in [5.74, 6) is -1.09. The molecule has 1 aromatic carbocycles. The van der Waals surface area contributed by atoms with Crippen LogP contribution in [0.25, 0.3) is 0 Å². The molecule has 0 aliphatic heterocycles. The number of hydrogen-bond donors (Lipinski definition) is 2. The van der Waals surface area contributed by atoms with Crippen LogP contribution in [0.1, 0.15) is 25.1 Å². The Hall–Kier alpha value is -2.76. The van der Waals surface area contributed by atoms with Gasteiger partial charge in [0.1, 0.15) is 11.2 Å². The lowest BCUT2D eigenvalue weighted by Gasteiger charge is -2.22. The highest BCUT2D eigenvalue weighted by Gasteiger charge is 2.35. The van der Waals surface area contributed by atoms with Crippen LogP contribution in [0.15, 0.2) is 48.7 Å². The van der Waals surface area contributed by atoms with Gasteiger partial charge in [-0.05, 0) is 44.0 Å². The number of aromatic nitrogens is 1. The van der Waals surface area contributed by atoms with Crippen molar-refractivity contribution in [3.8, 4) is 0 Å². The Morgan fingerprint density at radius 1 is 1.04 bits per heavy atom. The van der Waals surface area contributed by atoms with Gasteiger partial charge in [0.05, 0.1) is 12.2 Å². The molecule has 0 unspecified atom stereocenters. The monoisotopic (exact) mass is 343 g/mol. The topological polar surface area (TPSA) is 71.1 Å². The molecule has 6 heteroatoms. The minimum Gasteiger partial charge on any atom is -0.355 e. The molecule has 0 aliphatic carbocycles. The Bertz CT molecular complexity index is 732. The molecule has 2 rings (SSSR count). The van der Waals surface area contributed by atoms with Crippen LogP contribution in [0.4, 0.5) is 4.39 Å². The first-order valence-corrected chi connectivity index (χ1v) is 8.11. The second kappa shape index (κ2) is 8.37. The van der Waals surface area contributed by atoms with Crippen LogP contribution in [-0.2, 0) is 22.6 Å². The normalized spacial score (nSPS) is 11.0. The second-order valence-electron chi connectivity index (χ2n) is 6.23. The molecule has 2 amide bonds. The molecule has 1 heterocycles. The minimum atomic E-state index is -1.23. The fourth-order valence-corrected chi connectivity index (χ4v) is 2.23. The predicted octanol–water partition coefficient (Wildman–Crippen LogP) is 2.22. The third-order valence-electron chi connectivity index (χ3n) is 3.93. The summed E-state index contributed by atoms with van der Waals surface area (Å²) in [7, 11) is 0. The van der Waals surface area contributed by atoms with E-state index in [0.29, 0.717) is 17.7 Å². The number of halogens is 1. The van der Waals surface area contributed by atoms with Crippen molar-refractivity contribution in [1.29, 1.82) is 0 Å². The zero-order valence-electron chi connectivity index (χ0n) is 14.4. The molecular weight excluding hydrogens is 321 g/mol. The summed E-state index contributed by atoms with van der Waals surface area (Å²) in [5.41, 5.74) is 0.0103. The number of carbonyl (C=O) groups is 2. The highest BCUT2D eigenvalue weighted by molar-refractivity contribution is 6.04. The molecule has 132 valence electrons. The van der Waals surface area contributed by atoms with Gasteiger partial charge in [0.25, 0.3) is 0 Å². The van der Waals surface area contributed by atoms with Crippen LogP contribution in [0.2, 0.25) is 0 Å². The van der Waals surface area contributed by atoms with E-state index in [4.69, 9.17) is 0 Å². The van der Waals surface area contributed by atoms with Crippen molar-refractivity contribution in [3.63, 3.8) is 0 Å². The fourth-order valence-electron chi connectivity index (χ4n) is 2.23. The van der Waals surface area contributed by atoms with Gasteiger partial charge in [0, 0.05) is 12.7 Å². The summed E-state index contributed by atoms with van der Waals surface area (Å²) in [5, 5.41) is 5.41. The maximum absolute atomic E-state index is 13.6. The molecule has 0 saturated carbocycles. The lowest BCUT2D eigenvalue weighted by atomic mass is 9.91. The zero-order valence-corrected chi connectivity index (χ0v) is 14.4. The molecule has 2 N–H and O–H groups in total. The van der Waals surface area contributed by atoms with Gasteiger partial charge >= 0.3 is 0 Å². The van der Waals surface area contributed by atoms with E-state index < -0.39 is 11.3 Å². The van der Waals surface area contributed by atoms with Crippen molar-refractivity contribution < 1.29 is 14.0 Å². The van der Waals surface area contributed by atoms with Crippen LogP contribution in [-0.4, -0.2) is 23.3 Å². The van der Waals surface area contributed by atoms with E-state index in [0.717, 1.165) is 0 Å². The molecule has 0 spiro atoms. The van der Waals surface area contributed by atoms with Crippen LogP contribution >= 0.6 is 0 Å². The van der Waals surface area contributed by atoms with Gasteiger partial charge in [0.15, 0.2) is 0 Å². The summed E-state index contributed by atoms with van der Waals surface area (Å²) in [6.45, 7) is 3.63.